The van der Waals surface area contributed by atoms with Crippen LogP contribution in [-0.2, 0) is 11.3 Å². The Balaban J connectivity index is 2.45. The molecule has 4 heteroatoms. The van der Waals surface area contributed by atoms with E-state index in [0.717, 1.165) is 31.4 Å². The fraction of sp³-hybridized carbons (Fsp3) is 0.615. The summed E-state index contributed by atoms with van der Waals surface area (Å²) in [4.78, 5) is 23.1. The van der Waals surface area contributed by atoms with Gasteiger partial charge in [0.05, 0.1) is 5.69 Å². The zero-order valence-electron chi connectivity index (χ0n) is 10.6. The Morgan fingerprint density at radius 2 is 2.06 bits per heavy atom. The zero-order valence-corrected chi connectivity index (χ0v) is 10.6. The molecule has 0 fully saturated rings. The normalized spacial score (nSPS) is 10.5. The van der Waals surface area contributed by atoms with Gasteiger partial charge in [-0.15, -0.1) is 0 Å². The summed E-state index contributed by atoms with van der Waals surface area (Å²) in [6.45, 7) is 4.05. The van der Waals surface area contributed by atoms with Crippen molar-refractivity contribution in [2.24, 2.45) is 0 Å². The lowest BCUT2D eigenvalue weighted by atomic mass is 10.1. The Morgan fingerprint density at radius 1 is 1.29 bits per heavy atom. The largest absolute Gasteiger partial charge is 0.298 e. The predicted octanol–water partition coefficient (Wildman–Crippen LogP) is 2.09. The van der Waals surface area contributed by atoms with Gasteiger partial charge in [-0.3, -0.25) is 9.59 Å². The van der Waals surface area contributed by atoms with Gasteiger partial charge in [-0.1, -0.05) is 26.2 Å². The molecular formula is C13H20N2O2. The van der Waals surface area contributed by atoms with Gasteiger partial charge >= 0.3 is 0 Å². The fourth-order valence-electron chi connectivity index (χ4n) is 1.66. The lowest BCUT2D eigenvalue weighted by molar-refractivity contribution is -0.120. The van der Waals surface area contributed by atoms with E-state index in [4.69, 9.17) is 0 Å². The molecule has 0 atom stereocenters. The van der Waals surface area contributed by atoms with Crippen LogP contribution in [0.5, 0.6) is 0 Å². The van der Waals surface area contributed by atoms with Crippen molar-refractivity contribution in [3.05, 3.63) is 28.2 Å². The summed E-state index contributed by atoms with van der Waals surface area (Å²) < 4.78 is 1.25. The fourth-order valence-corrected chi connectivity index (χ4v) is 1.66. The lowest BCUT2D eigenvalue weighted by Crippen LogP contribution is -2.26. The molecule has 0 aliphatic heterocycles. The van der Waals surface area contributed by atoms with Crippen LogP contribution >= 0.6 is 0 Å². The number of carbonyl (C=O) groups is 1. The van der Waals surface area contributed by atoms with Crippen molar-refractivity contribution in [1.82, 2.24) is 9.78 Å². The molecule has 17 heavy (non-hydrogen) atoms. The van der Waals surface area contributed by atoms with Crippen molar-refractivity contribution < 1.29 is 4.79 Å². The van der Waals surface area contributed by atoms with Crippen molar-refractivity contribution >= 4 is 5.78 Å². The third-order valence-corrected chi connectivity index (χ3v) is 2.64. The number of nitrogens with zero attached hydrogens (tertiary/aromatic N) is 2. The highest BCUT2D eigenvalue weighted by atomic mass is 16.1. The molecule has 0 bridgehead atoms. The Labute approximate surface area is 102 Å². The van der Waals surface area contributed by atoms with E-state index < -0.39 is 0 Å². The third-order valence-electron chi connectivity index (χ3n) is 2.64. The van der Waals surface area contributed by atoms with E-state index >= 15 is 0 Å². The van der Waals surface area contributed by atoms with Gasteiger partial charge in [0.15, 0.2) is 5.78 Å². The van der Waals surface area contributed by atoms with Crippen LogP contribution in [0.3, 0.4) is 0 Å². The molecule has 94 valence electrons. The summed E-state index contributed by atoms with van der Waals surface area (Å²) in [5.74, 6) is 0.0845. The maximum Gasteiger partial charge on any atom is 0.267 e. The van der Waals surface area contributed by atoms with E-state index in [1.165, 1.54) is 10.7 Å². The molecular weight excluding hydrogens is 216 g/mol. The number of unbranched alkanes of at least 4 members (excludes halogenated alkanes) is 3. The summed E-state index contributed by atoms with van der Waals surface area (Å²) in [6, 6.07) is 3.11. The van der Waals surface area contributed by atoms with Gasteiger partial charge in [-0.25, -0.2) is 4.68 Å². The number of hydrogen-bond acceptors (Lipinski definition) is 3. The van der Waals surface area contributed by atoms with Crippen molar-refractivity contribution in [3.8, 4) is 0 Å². The van der Waals surface area contributed by atoms with Crippen LogP contribution in [0, 0.1) is 6.92 Å². The molecule has 1 heterocycles. The van der Waals surface area contributed by atoms with Crippen LogP contribution in [-0.4, -0.2) is 15.6 Å². The number of aromatic nitrogens is 2. The monoisotopic (exact) mass is 236 g/mol. The van der Waals surface area contributed by atoms with Crippen molar-refractivity contribution in [2.45, 2.75) is 52.5 Å². The van der Waals surface area contributed by atoms with Crippen molar-refractivity contribution in [1.29, 1.82) is 0 Å². The minimum absolute atomic E-state index is 0.0845. The van der Waals surface area contributed by atoms with Gasteiger partial charge in [0, 0.05) is 12.5 Å². The van der Waals surface area contributed by atoms with Gasteiger partial charge in [0.2, 0.25) is 0 Å². The number of carbonyl (C=O) groups excluding carboxylic acids is 1. The molecule has 0 radical (unpaired) electrons. The van der Waals surface area contributed by atoms with E-state index in [0.29, 0.717) is 6.42 Å². The molecule has 0 aromatic carbocycles. The molecule has 4 nitrogen and oxygen atoms in total. The van der Waals surface area contributed by atoms with Crippen molar-refractivity contribution in [2.75, 3.05) is 0 Å². The Bertz CT molecular complexity index is 424. The van der Waals surface area contributed by atoms with Gasteiger partial charge in [0.1, 0.15) is 6.54 Å². The molecule has 0 saturated heterocycles. The van der Waals surface area contributed by atoms with Crippen LogP contribution in [0.4, 0.5) is 0 Å². The summed E-state index contributed by atoms with van der Waals surface area (Å²) >= 11 is 0. The molecule has 1 aromatic rings. The highest BCUT2D eigenvalue weighted by molar-refractivity contribution is 5.77. The van der Waals surface area contributed by atoms with Gasteiger partial charge in [-0.05, 0) is 19.4 Å². The molecule has 0 amide bonds. The highest BCUT2D eigenvalue weighted by Gasteiger charge is 2.05. The van der Waals surface area contributed by atoms with Crippen LogP contribution < -0.4 is 5.56 Å². The number of aryl methyl sites for hydroxylation is 1. The molecule has 0 aliphatic rings. The molecule has 0 unspecified atom stereocenters. The first-order chi connectivity index (χ1) is 8.13. The smallest absolute Gasteiger partial charge is 0.267 e. The second kappa shape index (κ2) is 6.99. The molecule has 0 aliphatic carbocycles. The average molecular weight is 236 g/mol. The van der Waals surface area contributed by atoms with E-state index in [-0.39, 0.29) is 17.9 Å². The topological polar surface area (TPSA) is 52.0 Å². The summed E-state index contributed by atoms with van der Waals surface area (Å²) in [5.41, 5.74) is 0.542. The minimum atomic E-state index is -0.211. The zero-order chi connectivity index (χ0) is 12.7. The van der Waals surface area contributed by atoms with E-state index in [1.54, 1.807) is 6.07 Å². The van der Waals surface area contributed by atoms with Crippen LogP contribution in [0.1, 0.15) is 44.7 Å². The third kappa shape index (κ3) is 4.93. The van der Waals surface area contributed by atoms with Gasteiger partial charge < -0.3 is 0 Å². The minimum Gasteiger partial charge on any atom is -0.298 e. The van der Waals surface area contributed by atoms with Gasteiger partial charge in [-0.2, -0.15) is 5.10 Å². The number of rotatable bonds is 7. The Hall–Kier alpha value is -1.45. The maximum absolute atomic E-state index is 11.6. The van der Waals surface area contributed by atoms with Crippen LogP contribution in [0.2, 0.25) is 0 Å². The molecule has 0 spiro atoms. The molecule has 1 rings (SSSR count). The molecule has 1 aromatic heterocycles. The number of Topliss-reactive ketones (excluding diaryl/α,β-unsaturated/α-hetero) is 1. The van der Waals surface area contributed by atoms with Crippen LogP contribution in [0.25, 0.3) is 0 Å². The van der Waals surface area contributed by atoms with Crippen molar-refractivity contribution in [3.63, 3.8) is 0 Å². The Kier molecular flexibility index (Phi) is 5.60. The highest BCUT2D eigenvalue weighted by Crippen LogP contribution is 2.03. The lowest BCUT2D eigenvalue weighted by Gasteiger charge is -2.04. The van der Waals surface area contributed by atoms with Gasteiger partial charge in [0.25, 0.3) is 5.56 Å². The van der Waals surface area contributed by atoms with Crippen LogP contribution in [0.15, 0.2) is 16.9 Å². The first-order valence-electron chi connectivity index (χ1n) is 6.20. The summed E-state index contributed by atoms with van der Waals surface area (Å²) in [5, 5.41) is 4.04. The first kappa shape index (κ1) is 13.6. The maximum atomic E-state index is 11.6. The van der Waals surface area contributed by atoms with E-state index in [2.05, 4.69) is 12.0 Å². The predicted molar refractivity (Wildman–Crippen MR) is 67.0 cm³/mol. The SMILES string of the molecule is CCCCCCC(=O)Cn1nc(C)ccc1=O. The first-order valence-corrected chi connectivity index (χ1v) is 6.20. The number of ketones is 1. The van der Waals surface area contributed by atoms with E-state index in [9.17, 15) is 9.59 Å². The second-order valence-electron chi connectivity index (χ2n) is 4.32. The molecule has 0 saturated carbocycles. The molecule has 0 N–H and O–H groups in total. The standard InChI is InChI=1S/C13H20N2O2/c1-3-4-5-6-7-12(16)10-15-13(17)9-8-11(2)14-15/h8-9H,3-7,10H2,1-2H3. The average Bonchev–Trinajstić information content (AvgIpc) is 2.29. The van der Waals surface area contributed by atoms with E-state index in [1.807, 2.05) is 6.92 Å². The quantitative estimate of drug-likeness (QED) is 0.681. The second-order valence-corrected chi connectivity index (χ2v) is 4.32. The summed E-state index contributed by atoms with van der Waals surface area (Å²) in [6.07, 6.45) is 4.86. The summed E-state index contributed by atoms with van der Waals surface area (Å²) in [7, 11) is 0. The number of hydrogen-bond donors (Lipinski definition) is 0. The Morgan fingerprint density at radius 3 is 2.76 bits per heavy atom.